The normalized spacial score (nSPS) is 12.2. The average Bonchev–Trinajstić information content (AvgIpc) is 2.24. The molecule has 0 aliphatic rings. The van der Waals surface area contributed by atoms with Crippen LogP contribution >= 0.6 is 0 Å². The monoisotopic (exact) mass is 258 g/mol. The van der Waals surface area contributed by atoms with Crippen molar-refractivity contribution < 1.29 is 29.3 Å². The Hall–Kier alpha value is -1.66. The molecule has 0 aliphatic heterocycles. The Kier molecular flexibility index (Phi) is 8.51. The van der Waals surface area contributed by atoms with Gasteiger partial charge in [-0.1, -0.05) is 0 Å². The molecule has 0 bridgehead atoms. The van der Waals surface area contributed by atoms with Gasteiger partial charge in [-0.15, -0.1) is 0 Å². The van der Waals surface area contributed by atoms with E-state index in [1.807, 2.05) is 0 Å². The lowest BCUT2D eigenvalue weighted by atomic mass is 10.3. The third-order valence-corrected chi connectivity index (χ3v) is 1.72. The highest BCUT2D eigenvalue weighted by atomic mass is 16.5. The summed E-state index contributed by atoms with van der Waals surface area (Å²) < 4.78 is 9.68. The molecular weight excluding hydrogens is 240 g/mol. The zero-order valence-electron chi connectivity index (χ0n) is 10.5. The van der Waals surface area contributed by atoms with Gasteiger partial charge in [0.05, 0.1) is 13.2 Å². The molecule has 0 radical (unpaired) electrons. The van der Waals surface area contributed by atoms with Crippen molar-refractivity contribution in [3.8, 4) is 0 Å². The number of hydrogen-bond donors (Lipinski definition) is 2. The van der Waals surface area contributed by atoms with Gasteiger partial charge in [0.1, 0.15) is 11.5 Å². The van der Waals surface area contributed by atoms with Crippen LogP contribution in [-0.4, -0.2) is 35.4 Å². The summed E-state index contributed by atoms with van der Waals surface area (Å²) in [6.07, 6.45) is 3.18. The first kappa shape index (κ1) is 16.3. The van der Waals surface area contributed by atoms with Crippen LogP contribution in [0.15, 0.2) is 23.7 Å². The molecule has 0 rings (SSSR count). The van der Waals surface area contributed by atoms with Crippen molar-refractivity contribution in [1.82, 2.24) is 0 Å². The van der Waals surface area contributed by atoms with E-state index in [1.54, 1.807) is 0 Å². The molecule has 0 spiro atoms. The van der Waals surface area contributed by atoms with E-state index in [2.05, 4.69) is 0 Å². The predicted octanol–water partition coefficient (Wildman–Crippen LogP) is 0.645. The molecule has 102 valence electrons. The minimum absolute atomic E-state index is 0.169. The second kappa shape index (κ2) is 9.38. The van der Waals surface area contributed by atoms with E-state index in [1.165, 1.54) is 26.0 Å². The van der Waals surface area contributed by atoms with Crippen LogP contribution in [0.1, 0.15) is 26.7 Å². The van der Waals surface area contributed by atoms with Crippen molar-refractivity contribution in [2.24, 2.45) is 0 Å². The summed E-state index contributed by atoms with van der Waals surface area (Å²) in [5.41, 5.74) is 0. The largest absolute Gasteiger partial charge is 0.431 e. The zero-order valence-corrected chi connectivity index (χ0v) is 10.5. The zero-order chi connectivity index (χ0) is 14.0. The SMILES string of the molecule is CC(=O)O/C(=C\C=C(/CCO)OC(C)=O)CCO. The Bertz CT molecular complexity index is 308. The fourth-order valence-corrected chi connectivity index (χ4v) is 1.11. The number of aliphatic hydroxyl groups excluding tert-OH is 2. The Labute approximate surface area is 106 Å². The third kappa shape index (κ3) is 8.49. The number of carbonyl (C=O) groups is 2. The molecule has 6 nitrogen and oxygen atoms in total. The minimum Gasteiger partial charge on any atom is -0.431 e. The quantitative estimate of drug-likeness (QED) is 0.395. The number of carbonyl (C=O) groups excluding carboxylic acids is 2. The summed E-state index contributed by atoms with van der Waals surface area (Å²) in [5.74, 6) is -0.487. The van der Waals surface area contributed by atoms with Gasteiger partial charge in [0.2, 0.25) is 0 Å². The second-order valence-corrected chi connectivity index (χ2v) is 3.40. The first-order valence-corrected chi connectivity index (χ1v) is 5.47. The number of hydrogen-bond acceptors (Lipinski definition) is 6. The first-order valence-electron chi connectivity index (χ1n) is 5.47. The lowest BCUT2D eigenvalue weighted by Gasteiger charge is -2.06. The predicted molar refractivity (Wildman–Crippen MR) is 63.1 cm³/mol. The molecule has 0 saturated heterocycles. The second-order valence-electron chi connectivity index (χ2n) is 3.40. The lowest BCUT2D eigenvalue weighted by molar-refractivity contribution is -0.138. The van der Waals surface area contributed by atoms with Gasteiger partial charge in [-0.05, 0) is 12.2 Å². The van der Waals surface area contributed by atoms with E-state index >= 15 is 0 Å². The Balaban J connectivity index is 4.80. The van der Waals surface area contributed by atoms with Gasteiger partial charge < -0.3 is 19.7 Å². The molecule has 18 heavy (non-hydrogen) atoms. The van der Waals surface area contributed by atoms with Crippen molar-refractivity contribution in [1.29, 1.82) is 0 Å². The number of rotatable bonds is 7. The smallest absolute Gasteiger partial charge is 0.307 e. The van der Waals surface area contributed by atoms with Gasteiger partial charge in [0.25, 0.3) is 0 Å². The average molecular weight is 258 g/mol. The summed E-state index contributed by atoms with van der Waals surface area (Å²) >= 11 is 0. The number of ether oxygens (including phenoxy) is 2. The van der Waals surface area contributed by atoms with Gasteiger partial charge in [-0.25, -0.2) is 0 Å². The molecule has 2 N–H and O–H groups in total. The van der Waals surface area contributed by atoms with E-state index in [-0.39, 0.29) is 37.6 Å². The summed E-state index contributed by atoms with van der Waals surface area (Å²) in [7, 11) is 0. The molecule has 0 aromatic carbocycles. The highest BCUT2D eigenvalue weighted by molar-refractivity contribution is 5.68. The maximum Gasteiger partial charge on any atom is 0.307 e. The molecule has 0 fully saturated rings. The molecule has 0 heterocycles. The van der Waals surface area contributed by atoms with Gasteiger partial charge >= 0.3 is 11.9 Å². The molecule has 0 amide bonds. The van der Waals surface area contributed by atoms with Gasteiger partial charge in [0.15, 0.2) is 0 Å². The molecule has 6 heteroatoms. The van der Waals surface area contributed by atoms with Crippen LogP contribution in [0.3, 0.4) is 0 Å². The van der Waals surface area contributed by atoms with E-state index in [4.69, 9.17) is 19.7 Å². The van der Waals surface area contributed by atoms with Crippen molar-refractivity contribution in [3.63, 3.8) is 0 Å². The van der Waals surface area contributed by atoms with Crippen molar-refractivity contribution in [2.75, 3.05) is 13.2 Å². The van der Waals surface area contributed by atoms with Crippen LogP contribution in [0.25, 0.3) is 0 Å². The highest BCUT2D eigenvalue weighted by Gasteiger charge is 2.03. The minimum atomic E-state index is -0.501. The maximum atomic E-state index is 10.8. The van der Waals surface area contributed by atoms with E-state index in [0.29, 0.717) is 0 Å². The van der Waals surface area contributed by atoms with Crippen LogP contribution in [0.4, 0.5) is 0 Å². The maximum absolute atomic E-state index is 10.8. The molecule has 0 aliphatic carbocycles. The molecule has 0 aromatic rings. The summed E-state index contributed by atoms with van der Waals surface area (Å²) in [5, 5.41) is 17.6. The Morgan fingerprint density at radius 1 is 0.889 bits per heavy atom. The van der Waals surface area contributed by atoms with E-state index < -0.39 is 11.9 Å². The standard InChI is InChI=1S/C12H18O6/c1-9(15)17-11(5-7-13)3-4-12(6-8-14)18-10(2)16/h3-4,13-14H,5-8H2,1-2H3/b11-3-,12-4+. The number of allylic oxidation sites excluding steroid dienone is 2. The highest BCUT2D eigenvalue weighted by Crippen LogP contribution is 2.08. The van der Waals surface area contributed by atoms with Crippen LogP contribution in [0.5, 0.6) is 0 Å². The molecule has 0 saturated carbocycles. The van der Waals surface area contributed by atoms with Gasteiger partial charge in [-0.2, -0.15) is 0 Å². The molecule has 0 aromatic heterocycles. The number of esters is 2. The molecular formula is C12H18O6. The summed E-state index contributed by atoms with van der Waals surface area (Å²) in [6, 6.07) is 0. The topological polar surface area (TPSA) is 93.1 Å². The van der Waals surface area contributed by atoms with Crippen molar-refractivity contribution in [2.45, 2.75) is 26.7 Å². The summed E-state index contributed by atoms with van der Waals surface area (Å²) in [6.45, 7) is 2.15. The van der Waals surface area contributed by atoms with Crippen molar-refractivity contribution in [3.05, 3.63) is 23.7 Å². The summed E-state index contributed by atoms with van der Waals surface area (Å²) in [4.78, 5) is 21.6. The molecule has 0 atom stereocenters. The van der Waals surface area contributed by atoms with Crippen LogP contribution < -0.4 is 0 Å². The molecule has 0 unspecified atom stereocenters. The number of aliphatic hydroxyl groups is 2. The fourth-order valence-electron chi connectivity index (χ4n) is 1.11. The fraction of sp³-hybridized carbons (Fsp3) is 0.500. The Morgan fingerprint density at radius 3 is 1.44 bits per heavy atom. The van der Waals surface area contributed by atoms with E-state index in [0.717, 1.165) is 0 Å². The van der Waals surface area contributed by atoms with Crippen LogP contribution in [0, 0.1) is 0 Å². The van der Waals surface area contributed by atoms with Crippen molar-refractivity contribution >= 4 is 11.9 Å². The first-order chi connectivity index (χ1) is 8.49. The Morgan fingerprint density at radius 2 is 1.22 bits per heavy atom. The van der Waals surface area contributed by atoms with Crippen LogP contribution in [-0.2, 0) is 19.1 Å². The van der Waals surface area contributed by atoms with Crippen LogP contribution in [0.2, 0.25) is 0 Å². The van der Waals surface area contributed by atoms with Gasteiger partial charge in [-0.3, -0.25) is 9.59 Å². The lowest BCUT2D eigenvalue weighted by Crippen LogP contribution is -2.02. The van der Waals surface area contributed by atoms with Gasteiger partial charge in [0, 0.05) is 26.7 Å². The van der Waals surface area contributed by atoms with E-state index in [9.17, 15) is 9.59 Å². The third-order valence-electron chi connectivity index (χ3n) is 1.72.